The molecule has 2 amide bonds. The van der Waals surface area contributed by atoms with Crippen LogP contribution in [-0.4, -0.2) is 146 Å². The van der Waals surface area contributed by atoms with Crippen LogP contribution in [0.5, 0.6) is 0 Å². The molecule has 4 heterocycles. The lowest BCUT2D eigenvalue weighted by molar-refractivity contribution is -0.382. The average Bonchev–Trinajstić information content (AvgIpc) is 1.43. The zero-order valence-electron chi connectivity index (χ0n) is 60.0. The number of amides is 2. The van der Waals surface area contributed by atoms with Gasteiger partial charge in [-0.25, -0.2) is 19.2 Å². The zero-order chi connectivity index (χ0) is 75.6. The molecule has 110 heavy (non-hydrogen) atoms. The van der Waals surface area contributed by atoms with Gasteiger partial charge >= 0.3 is 23.9 Å². The van der Waals surface area contributed by atoms with Crippen molar-refractivity contribution in [1.82, 2.24) is 4.90 Å². The van der Waals surface area contributed by atoms with Gasteiger partial charge in [-0.15, -0.1) is 0 Å². The van der Waals surface area contributed by atoms with Crippen LogP contribution in [0.25, 0.3) is 0 Å². The molecule has 0 unspecified atom stereocenters. The van der Waals surface area contributed by atoms with Gasteiger partial charge in [-0.3, -0.25) is 14.5 Å². The maximum atomic E-state index is 15.8. The van der Waals surface area contributed by atoms with Crippen LogP contribution >= 0.6 is 0 Å². The Bertz CT molecular complexity index is 4600. The van der Waals surface area contributed by atoms with E-state index in [1.807, 2.05) is 159 Å². The molecule has 15 atom stereocenters. The van der Waals surface area contributed by atoms with Gasteiger partial charge in [0, 0.05) is 0 Å². The highest BCUT2D eigenvalue weighted by atomic mass is 16.8. The quantitative estimate of drug-likeness (QED) is 0.0231. The highest BCUT2D eigenvalue weighted by Crippen LogP contribution is 2.42. The number of hydrogen-bond acceptors (Lipinski definition) is 20. The van der Waals surface area contributed by atoms with Crippen LogP contribution in [0.2, 0.25) is 0 Å². The summed E-state index contributed by atoms with van der Waals surface area (Å²) in [5.41, 5.74) is 4.20. The number of ether oxygens (including phenoxy) is 14. The Morgan fingerprint density at radius 2 is 0.645 bits per heavy atom. The summed E-state index contributed by atoms with van der Waals surface area (Å²) in [6, 6.07) is 83.7. The van der Waals surface area contributed by atoms with Crippen LogP contribution in [0, 0.1) is 0 Å². The molecule has 0 spiro atoms. The van der Waals surface area contributed by atoms with E-state index < -0.39 is 134 Å². The van der Waals surface area contributed by atoms with Gasteiger partial charge in [0.05, 0.1) is 79.1 Å². The average molecular weight is 1480 g/mol. The second-order valence-electron chi connectivity index (χ2n) is 26.8. The van der Waals surface area contributed by atoms with Gasteiger partial charge in [0.1, 0.15) is 55.4 Å². The Morgan fingerprint density at radius 3 is 1.10 bits per heavy atom. The Labute approximate surface area is 636 Å². The van der Waals surface area contributed by atoms with Crippen molar-refractivity contribution >= 4 is 35.7 Å². The minimum absolute atomic E-state index is 0.0116. The highest BCUT2D eigenvalue weighted by Gasteiger charge is 2.61. The normalized spacial score (nSPS) is 24.3. The number of fused-ring (bicyclic) bond motifs is 1. The summed E-state index contributed by atoms with van der Waals surface area (Å²) in [6.07, 6.45) is -21.7. The minimum atomic E-state index is -2.11. The third-order valence-electron chi connectivity index (χ3n) is 19.3. The molecule has 3 saturated heterocycles. The smallest absolute Gasteiger partial charge is 0.338 e. The molecule has 3 fully saturated rings. The number of imide groups is 1. The second-order valence-corrected chi connectivity index (χ2v) is 26.8. The van der Waals surface area contributed by atoms with Gasteiger partial charge in [0.15, 0.2) is 37.2 Å². The van der Waals surface area contributed by atoms with Gasteiger partial charge in [-0.1, -0.05) is 237 Å². The van der Waals surface area contributed by atoms with Crippen LogP contribution in [-0.2, 0) is 99.4 Å². The topological polar surface area (TPSA) is 235 Å². The Morgan fingerprint density at radius 1 is 0.309 bits per heavy atom. The van der Waals surface area contributed by atoms with E-state index in [0.29, 0.717) is 5.56 Å². The molecule has 0 radical (unpaired) electrons. The number of carbonyl (C=O) groups excluding carboxylic acids is 6. The fraction of sp³-hybridized carbons (Fsp3) is 0.258. The Hall–Kier alpha value is -11.2. The van der Waals surface area contributed by atoms with Crippen molar-refractivity contribution < 1.29 is 95.1 Å². The third kappa shape index (κ3) is 18.6. The highest BCUT2D eigenvalue weighted by molar-refractivity contribution is 6.21. The van der Waals surface area contributed by atoms with E-state index in [4.69, 9.17) is 66.3 Å². The molecule has 0 aromatic heterocycles. The Kier molecular flexibility index (Phi) is 25.3. The van der Waals surface area contributed by atoms with Crippen molar-refractivity contribution in [2.24, 2.45) is 0 Å². The van der Waals surface area contributed by atoms with E-state index in [2.05, 4.69) is 0 Å². The van der Waals surface area contributed by atoms with E-state index in [9.17, 15) is 9.59 Å². The fourth-order valence-electron chi connectivity index (χ4n) is 13.8. The second kappa shape index (κ2) is 36.8. The molecule has 4 aliphatic rings. The monoisotopic (exact) mass is 1480 g/mol. The fourth-order valence-corrected chi connectivity index (χ4v) is 13.8. The molecule has 0 saturated carbocycles. The SMILES string of the molecule is C[C@@H]1O[C@@H](O[C@H]2[C@H](O[C@@H]3O[C@H](COC(=O)c4ccccc4)[C@H](OC(=O)c4ccccc4)[C@H](OC(=O)c4ccccc4)[C@H]3OC(=O)c3ccccc3)[C@@H](N3C(=O)c4ccccc4C3=O)[C@H](OCc3ccccc3)O[C@@H]2COCc2ccccc2)[C@@H](OCc2ccccc2)[C@H](OCc2ccccc2)[C@@H]1OCc1ccccc1. The summed E-state index contributed by atoms with van der Waals surface area (Å²) in [6.45, 7) is 0.773. The van der Waals surface area contributed by atoms with Gasteiger partial charge in [0.25, 0.3) is 11.8 Å². The van der Waals surface area contributed by atoms with Crippen molar-refractivity contribution in [2.45, 2.75) is 132 Å². The summed E-state index contributed by atoms with van der Waals surface area (Å²) in [5, 5.41) is 0. The maximum absolute atomic E-state index is 15.8. The van der Waals surface area contributed by atoms with Crippen molar-refractivity contribution in [3.63, 3.8) is 0 Å². The number of rotatable bonds is 30. The van der Waals surface area contributed by atoms with Gasteiger partial charge in [-0.05, 0) is 95.4 Å². The molecule has 0 N–H and O–H groups in total. The maximum Gasteiger partial charge on any atom is 0.338 e. The van der Waals surface area contributed by atoms with Gasteiger partial charge < -0.3 is 66.3 Å². The molecular weight excluding hydrogens is 1400 g/mol. The number of nitrogens with zero attached hydrogens (tertiary/aromatic N) is 1. The third-order valence-corrected chi connectivity index (χ3v) is 19.3. The van der Waals surface area contributed by atoms with Crippen LogP contribution in [0.4, 0.5) is 0 Å². The molecule has 0 bridgehead atoms. The summed E-state index contributed by atoms with van der Waals surface area (Å²) in [4.78, 5) is 92.3. The molecule has 4 aliphatic heterocycles. The predicted octanol–water partition coefficient (Wildman–Crippen LogP) is 13.3. The van der Waals surface area contributed by atoms with Crippen molar-refractivity contribution in [2.75, 3.05) is 13.2 Å². The van der Waals surface area contributed by atoms with Crippen LogP contribution in [0.1, 0.15) is 96.9 Å². The van der Waals surface area contributed by atoms with Crippen molar-refractivity contribution in [3.8, 4) is 0 Å². The summed E-state index contributed by atoms with van der Waals surface area (Å²) in [5.74, 6) is -5.35. The predicted molar refractivity (Wildman–Crippen MR) is 398 cm³/mol. The lowest BCUT2D eigenvalue weighted by Crippen LogP contribution is -2.71. The van der Waals surface area contributed by atoms with E-state index in [0.717, 1.165) is 27.2 Å². The summed E-state index contributed by atoms with van der Waals surface area (Å²) >= 11 is 0. The lowest BCUT2D eigenvalue weighted by Gasteiger charge is -2.52. The first-order valence-electron chi connectivity index (χ1n) is 36.5. The summed E-state index contributed by atoms with van der Waals surface area (Å²) < 4.78 is 98.0. The minimum Gasteiger partial charge on any atom is -0.459 e. The molecule has 0 aliphatic carbocycles. The van der Waals surface area contributed by atoms with Crippen LogP contribution in [0.15, 0.2) is 297 Å². The van der Waals surface area contributed by atoms with Crippen molar-refractivity contribution in [3.05, 3.63) is 358 Å². The number of carbonyl (C=O) groups is 6. The number of hydrogen-bond donors (Lipinski definition) is 0. The first kappa shape index (κ1) is 75.6. The molecular formula is C89H81NO20. The van der Waals surface area contributed by atoms with Crippen LogP contribution < -0.4 is 0 Å². The molecule has 21 heteroatoms. The molecule has 10 aromatic rings. The van der Waals surface area contributed by atoms with Crippen molar-refractivity contribution in [1.29, 1.82) is 0 Å². The zero-order valence-corrected chi connectivity index (χ0v) is 60.0. The standard InChI is InChI=1S/C89H81NO20/c1-58-73(98-52-60-33-13-3-14-34-60)77(99-53-61-35-15-4-16-36-61)79(100-54-62-37-17-5-18-38-62)88(103-58)109-74-70(56-97-51-59-31-11-2-12-32-59)104-87(102-55-63-39-19-6-20-40-63)72(90-81(91)68-49-29-30-50-69(68)82(90)92)76(74)110-89-80(108-86(96)67-47-27-10-28-48-67)78(107-85(95)66-45-25-9-26-46-66)75(106-84(94)65-43-23-8-24-44-65)71(105-89)57-101-83(93)64-41-21-7-22-42-64/h2-50,58,70-80,87-89H,51-57H2,1H3/t58-,70+,71+,72+,73+,74+,75-,76+,77+,78-,79-,80+,87+,88-,89-/m0/s1. The summed E-state index contributed by atoms with van der Waals surface area (Å²) in [7, 11) is 0. The van der Waals surface area contributed by atoms with E-state index in [1.54, 1.807) is 84.9 Å². The molecule has 21 nitrogen and oxygen atoms in total. The largest absolute Gasteiger partial charge is 0.459 e. The first-order chi connectivity index (χ1) is 54.0. The van der Waals surface area contributed by atoms with E-state index in [1.165, 1.54) is 60.7 Å². The van der Waals surface area contributed by atoms with Gasteiger partial charge in [-0.2, -0.15) is 0 Å². The number of esters is 4. The number of benzene rings is 10. The molecule has 10 aromatic carbocycles. The van der Waals surface area contributed by atoms with E-state index >= 15 is 19.2 Å². The lowest BCUT2D eigenvalue weighted by atomic mass is 9.93. The first-order valence-corrected chi connectivity index (χ1v) is 36.5. The van der Waals surface area contributed by atoms with E-state index in [-0.39, 0.29) is 73.0 Å². The molecule has 14 rings (SSSR count). The molecule has 562 valence electrons. The van der Waals surface area contributed by atoms with Crippen LogP contribution in [0.3, 0.4) is 0 Å². The Balaban J connectivity index is 0.962. The van der Waals surface area contributed by atoms with Gasteiger partial charge in [0.2, 0.25) is 0 Å².